The lowest BCUT2D eigenvalue weighted by Crippen LogP contribution is -2.45. The van der Waals surface area contributed by atoms with E-state index < -0.39 is 12.0 Å². The molecule has 1 atom stereocenters. The van der Waals surface area contributed by atoms with E-state index in [1.165, 1.54) is 4.90 Å². The minimum Gasteiger partial charge on any atom is -0.480 e. The molecular weight excluding hydrogens is 324 g/mol. The molecule has 0 bridgehead atoms. The van der Waals surface area contributed by atoms with Crippen molar-refractivity contribution in [3.05, 3.63) is 22.4 Å². The van der Waals surface area contributed by atoms with Crippen LogP contribution < -0.4 is 0 Å². The number of carboxylic acids is 1. The van der Waals surface area contributed by atoms with Gasteiger partial charge in [-0.3, -0.25) is 4.79 Å². The highest BCUT2D eigenvalue weighted by atomic mass is 79.9. The summed E-state index contributed by atoms with van der Waals surface area (Å²) < 4.78 is 2.70. The van der Waals surface area contributed by atoms with Crippen LogP contribution in [-0.4, -0.2) is 38.5 Å². The van der Waals surface area contributed by atoms with Crippen LogP contribution >= 0.6 is 15.9 Å². The predicted octanol–water partition coefficient (Wildman–Crippen LogP) is 2.91. The molecule has 1 aromatic rings. The summed E-state index contributed by atoms with van der Waals surface area (Å²) in [5, 5.41) is 9.20. The summed E-state index contributed by atoms with van der Waals surface area (Å²) in [6.07, 6.45) is 3.62. The van der Waals surface area contributed by atoms with Crippen LogP contribution in [0.5, 0.6) is 0 Å². The first-order chi connectivity index (χ1) is 9.32. The number of carboxylic acid groups (broad SMARTS) is 1. The Hall–Kier alpha value is -1.30. The van der Waals surface area contributed by atoms with Gasteiger partial charge in [-0.1, -0.05) is 0 Å². The van der Waals surface area contributed by atoms with Gasteiger partial charge in [0.05, 0.1) is 0 Å². The normalized spacial score (nSPS) is 16.2. The number of nitrogens with zero attached hydrogens (tertiary/aromatic N) is 2. The van der Waals surface area contributed by atoms with Crippen LogP contribution in [0.2, 0.25) is 0 Å². The zero-order valence-electron chi connectivity index (χ0n) is 11.8. The Labute approximate surface area is 126 Å². The number of rotatable bonds is 5. The smallest absolute Gasteiger partial charge is 0.326 e. The molecule has 0 aromatic carbocycles. The number of aliphatic carboxylic acids is 1. The zero-order valence-corrected chi connectivity index (χ0v) is 13.4. The van der Waals surface area contributed by atoms with Gasteiger partial charge in [0.25, 0.3) is 5.91 Å². The van der Waals surface area contributed by atoms with Crippen molar-refractivity contribution in [1.29, 1.82) is 0 Å². The highest BCUT2D eigenvalue weighted by Crippen LogP contribution is 2.31. The molecule has 1 saturated carbocycles. The van der Waals surface area contributed by atoms with Crippen molar-refractivity contribution in [2.24, 2.45) is 0 Å². The Morgan fingerprint density at radius 1 is 1.40 bits per heavy atom. The highest BCUT2D eigenvalue weighted by molar-refractivity contribution is 9.10. The van der Waals surface area contributed by atoms with Gasteiger partial charge in [0.1, 0.15) is 11.7 Å². The summed E-state index contributed by atoms with van der Waals surface area (Å²) in [6, 6.07) is 1.15. The van der Waals surface area contributed by atoms with Gasteiger partial charge in [-0.05, 0) is 55.6 Å². The Kier molecular flexibility index (Phi) is 4.22. The Morgan fingerprint density at radius 2 is 2.00 bits per heavy atom. The number of halogens is 1. The molecule has 1 aromatic heterocycles. The Bertz CT molecular complexity index is 535. The molecule has 0 aliphatic heterocycles. The van der Waals surface area contributed by atoms with E-state index in [1.54, 1.807) is 13.0 Å². The van der Waals surface area contributed by atoms with E-state index in [-0.39, 0.29) is 18.0 Å². The topological polar surface area (TPSA) is 62.5 Å². The summed E-state index contributed by atoms with van der Waals surface area (Å²) in [5.41, 5.74) is 0.534. The van der Waals surface area contributed by atoms with Crippen LogP contribution in [0.25, 0.3) is 0 Å². The Balaban J connectivity index is 2.35. The van der Waals surface area contributed by atoms with Crippen molar-refractivity contribution in [1.82, 2.24) is 9.47 Å². The second kappa shape index (κ2) is 5.60. The molecule has 1 aliphatic carbocycles. The molecule has 1 unspecified atom stereocenters. The van der Waals surface area contributed by atoms with Gasteiger partial charge in [0, 0.05) is 22.8 Å². The number of hydrogen-bond acceptors (Lipinski definition) is 2. The van der Waals surface area contributed by atoms with Gasteiger partial charge in [0.15, 0.2) is 0 Å². The number of amides is 1. The zero-order chi connectivity index (χ0) is 15.0. The summed E-state index contributed by atoms with van der Waals surface area (Å²) in [7, 11) is 0. The number of aromatic nitrogens is 1. The lowest BCUT2D eigenvalue weighted by atomic mass is 10.2. The largest absolute Gasteiger partial charge is 0.480 e. The highest BCUT2D eigenvalue weighted by Gasteiger charge is 2.39. The van der Waals surface area contributed by atoms with E-state index in [0.717, 1.165) is 17.3 Å². The van der Waals surface area contributed by atoms with Gasteiger partial charge in [-0.15, -0.1) is 0 Å². The average Bonchev–Trinajstić information content (AvgIpc) is 3.10. The molecule has 6 heteroatoms. The first-order valence-electron chi connectivity index (χ1n) is 6.75. The van der Waals surface area contributed by atoms with Gasteiger partial charge >= 0.3 is 5.97 Å². The molecule has 5 nitrogen and oxygen atoms in total. The van der Waals surface area contributed by atoms with Crippen molar-refractivity contribution in [2.75, 3.05) is 0 Å². The molecule has 1 fully saturated rings. The maximum absolute atomic E-state index is 12.7. The SMILES string of the molecule is CC(C(=O)O)N(C(=O)c1cc(Br)cn1C(C)C)C1CC1. The van der Waals surface area contributed by atoms with Crippen LogP contribution in [0.15, 0.2) is 16.7 Å². The molecule has 1 aliphatic rings. The molecule has 1 amide bonds. The van der Waals surface area contributed by atoms with Crippen LogP contribution in [0.4, 0.5) is 0 Å². The maximum Gasteiger partial charge on any atom is 0.326 e. The van der Waals surface area contributed by atoms with E-state index in [4.69, 9.17) is 0 Å². The second-order valence-electron chi connectivity index (χ2n) is 5.50. The third-order valence-corrected chi connectivity index (χ3v) is 3.97. The fourth-order valence-electron chi connectivity index (χ4n) is 2.31. The summed E-state index contributed by atoms with van der Waals surface area (Å²) in [4.78, 5) is 25.5. The standard InChI is InChI=1S/C14H19BrN2O3/c1-8(2)16-7-10(15)6-12(16)13(18)17(11-4-5-11)9(3)14(19)20/h6-9,11H,4-5H2,1-3H3,(H,19,20). The van der Waals surface area contributed by atoms with Crippen LogP contribution in [0, 0.1) is 0 Å². The quantitative estimate of drug-likeness (QED) is 0.894. The van der Waals surface area contributed by atoms with Crippen molar-refractivity contribution >= 4 is 27.8 Å². The lowest BCUT2D eigenvalue weighted by molar-refractivity contribution is -0.141. The van der Waals surface area contributed by atoms with Crippen LogP contribution in [0.1, 0.15) is 50.1 Å². The van der Waals surface area contributed by atoms with Crippen LogP contribution in [0.3, 0.4) is 0 Å². The third-order valence-electron chi connectivity index (χ3n) is 3.54. The molecule has 2 rings (SSSR count). The number of hydrogen-bond donors (Lipinski definition) is 1. The monoisotopic (exact) mass is 342 g/mol. The first kappa shape index (κ1) is 15.1. The lowest BCUT2D eigenvalue weighted by Gasteiger charge is -2.27. The van der Waals surface area contributed by atoms with E-state index >= 15 is 0 Å². The molecule has 0 spiro atoms. The third kappa shape index (κ3) is 2.90. The average molecular weight is 343 g/mol. The minimum atomic E-state index is -0.966. The van der Waals surface area contributed by atoms with E-state index in [9.17, 15) is 14.7 Å². The fourth-order valence-corrected chi connectivity index (χ4v) is 2.74. The first-order valence-corrected chi connectivity index (χ1v) is 7.55. The van der Waals surface area contributed by atoms with Gasteiger partial charge in [-0.2, -0.15) is 0 Å². The number of carbonyl (C=O) groups is 2. The van der Waals surface area contributed by atoms with Gasteiger partial charge in [-0.25, -0.2) is 4.79 Å². The van der Waals surface area contributed by atoms with Crippen LogP contribution in [-0.2, 0) is 4.79 Å². The summed E-state index contributed by atoms with van der Waals surface area (Å²) >= 11 is 3.38. The predicted molar refractivity (Wildman–Crippen MR) is 78.8 cm³/mol. The van der Waals surface area contributed by atoms with Crippen molar-refractivity contribution in [3.8, 4) is 0 Å². The molecule has 0 radical (unpaired) electrons. The minimum absolute atomic E-state index is 0.0582. The number of carbonyl (C=O) groups excluding carboxylic acids is 1. The second-order valence-corrected chi connectivity index (χ2v) is 6.42. The molecule has 20 heavy (non-hydrogen) atoms. The Morgan fingerprint density at radius 3 is 2.45 bits per heavy atom. The van der Waals surface area contributed by atoms with E-state index in [2.05, 4.69) is 15.9 Å². The molecule has 1 heterocycles. The molecule has 1 N–H and O–H groups in total. The summed E-state index contributed by atoms with van der Waals surface area (Å²) in [5.74, 6) is -1.17. The summed E-state index contributed by atoms with van der Waals surface area (Å²) in [6.45, 7) is 5.55. The van der Waals surface area contributed by atoms with Gasteiger partial charge in [0.2, 0.25) is 0 Å². The fraction of sp³-hybridized carbons (Fsp3) is 0.571. The van der Waals surface area contributed by atoms with E-state index in [1.807, 2.05) is 24.6 Å². The van der Waals surface area contributed by atoms with Crippen molar-refractivity contribution in [2.45, 2.75) is 51.7 Å². The van der Waals surface area contributed by atoms with Gasteiger partial charge < -0.3 is 14.6 Å². The maximum atomic E-state index is 12.7. The molecule has 0 saturated heterocycles. The van der Waals surface area contributed by atoms with E-state index in [0.29, 0.717) is 5.69 Å². The van der Waals surface area contributed by atoms with Crippen molar-refractivity contribution < 1.29 is 14.7 Å². The molecule has 110 valence electrons. The molecular formula is C14H19BrN2O3. The van der Waals surface area contributed by atoms with Crippen molar-refractivity contribution in [3.63, 3.8) is 0 Å².